The molecule has 0 aliphatic heterocycles. The molecule has 0 aliphatic carbocycles. The van der Waals surface area contributed by atoms with Crippen LogP contribution in [0.2, 0.25) is 10.0 Å². The number of anilines is 1. The van der Waals surface area contributed by atoms with Crippen LogP contribution < -0.4 is 4.90 Å². The maximum Gasteiger partial charge on any atom is 0.260 e. The van der Waals surface area contributed by atoms with Crippen molar-refractivity contribution < 1.29 is 4.79 Å². The van der Waals surface area contributed by atoms with Crippen molar-refractivity contribution in [1.82, 2.24) is 0 Å². The summed E-state index contributed by atoms with van der Waals surface area (Å²) < 4.78 is 0. The minimum Gasteiger partial charge on any atom is -0.306 e. The molecule has 0 saturated heterocycles. The first-order chi connectivity index (χ1) is 9.91. The monoisotopic (exact) mass is 321 g/mol. The Kier molecular flexibility index (Phi) is 4.92. The summed E-state index contributed by atoms with van der Waals surface area (Å²) in [4.78, 5) is 14.6. The summed E-state index contributed by atoms with van der Waals surface area (Å²) in [5.41, 5.74) is 2.39. The average Bonchev–Trinajstić information content (AvgIpc) is 2.40. The molecule has 0 bridgehead atoms. The van der Waals surface area contributed by atoms with E-state index in [-0.39, 0.29) is 11.9 Å². The molecule has 4 heteroatoms. The third-order valence-electron chi connectivity index (χ3n) is 3.27. The van der Waals surface area contributed by atoms with Crippen LogP contribution in [0.4, 0.5) is 5.69 Å². The first-order valence-corrected chi connectivity index (χ1v) is 7.51. The molecule has 0 radical (unpaired) electrons. The van der Waals surface area contributed by atoms with Gasteiger partial charge in [-0.1, -0.05) is 41.4 Å². The number of carbonyl (C=O) groups excluding carboxylic acids is 1. The normalized spacial score (nSPS) is 10.8. The Balaban J connectivity index is 2.48. The smallest absolute Gasteiger partial charge is 0.260 e. The number of hydrogen-bond acceptors (Lipinski definition) is 1. The number of amides is 1. The number of rotatable bonds is 3. The summed E-state index contributed by atoms with van der Waals surface area (Å²) in [6, 6.07) is 12.8. The Hall–Kier alpha value is -1.51. The molecule has 0 aliphatic rings. The highest BCUT2D eigenvalue weighted by atomic mass is 35.5. The molecule has 0 spiro atoms. The van der Waals surface area contributed by atoms with E-state index < -0.39 is 0 Å². The third-order valence-corrected chi connectivity index (χ3v) is 3.82. The Morgan fingerprint density at radius 1 is 1.10 bits per heavy atom. The van der Waals surface area contributed by atoms with Crippen molar-refractivity contribution >= 4 is 34.8 Å². The van der Waals surface area contributed by atoms with Gasteiger partial charge in [-0.05, 0) is 50.6 Å². The SMILES string of the molecule is Cc1ccccc1N(C(=O)c1ccc(Cl)cc1Cl)C(C)C. The molecule has 21 heavy (non-hydrogen) atoms. The molecule has 0 N–H and O–H groups in total. The van der Waals surface area contributed by atoms with E-state index in [0.29, 0.717) is 15.6 Å². The van der Waals surface area contributed by atoms with Crippen LogP contribution in [0.3, 0.4) is 0 Å². The molecule has 0 atom stereocenters. The van der Waals surface area contributed by atoms with Gasteiger partial charge >= 0.3 is 0 Å². The Morgan fingerprint density at radius 3 is 2.33 bits per heavy atom. The largest absolute Gasteiger partial charge is 0.306 e. The van der Waals surface area contributed by atoms with Crippen molar-refractivity contribution in [3.63, 3.8) is 0 Å². The van der Waals surface area contributed by atoms with Crippen LogP contribution in [0.25, 0.3) is 0 Å². The van der Waals surface area contributed by atoms with Gasteiger partial charge in [0, 0.05) is 16.8 Å². The second-order valence-electron chi connectivity index (χ2n) is 5.18. The van der Waals surface area contributed by atoms with Gasteiger partial charge in [0.15, 0.2) is 0 Å². The summed E-state index contributed by atoms with van der Waals surface area (Å²) in [7, 11) is 0. The predicted molar refractivity (Wildman–Crippen MR) is 89.6 cm³/mol. The minimum atomic E-state index is -0.124. The molecule has 0 saturated carbocycles. The number of nitrogens with zero attached hydrogens (tertiary/aromatic N) is 1. The maximum absolute atomic E-state index is 12.9. The first kappa shape index (κ1) is 15.9. The zero-order valence-corrected chi connectivity index (χ0v) is 13.7. The quantitative estimate of drug-likeness (QED) is 0.745. The highest BCUT2D eigenvalue weighted by Gasteiger charge is 2.23. The Morgan fingerprint density at radius 2 is 1.76 bits per heavy atom. The summed E-state index contributed by atoms with van der Waals surface area (Å²) >= 11 is 12.1. The van der Waals surface area contributed by atoms with Gasteiger partial charge in [0.05, 0.1) is 10.6 Å². The summed E-state index contributed by atoms with van der Waals surface area (Å²) in [6.45, 7) is 5.95. The molecule has 0 heterocycles. The zero-order chi connectivity index (χ0) is 15.6. The molecule has 0 unspecified atom stereocenters. The molecular weight excluding hydrogens is 305 g/mol. The van der Waals surface area contributed by atoms with Gasteiger partial charge in [-0.15, -0.1) is 0 Å². The van der Waals surface area contributed by atoms with E-state index in [1.54, 1.807) is 23.1 Å². The second-order valence-corrected chi connectivity index (χ2v) is 6.02. The molecule has 2 aromatic rings. The van der Waals surface area contributed by atoms with Crippen molar-refractivity contribution in [3.05, 3.63) is 63.6 Å². The van der Waals surface area contributed by atoms with Crippen LogP contribution in [0.5, 0.6) is 0 Å². The van der Waals surface area contributed by atoms with Gasteiger partial charge in [-0.2, -0.15) is 0 Å². The first-order valence-electron chi connectivity index (χ1n) is 6.76. The van der Waals surface area contributed by atoms with Crippen LogP contribution in [0.15, 0.2) is 42.5 Å². The van der Waals surface area contributed by atoms with Crippen molar-refractivity contribution in [2.75, 3.05) is 4.90 Å². The number of carbonyl (C=O) groups is 1. The van der Waals surface area contributed by atoms with Crippen molar-refractivity contribution in [3.8, 4) is 0 Å². The second kappa shape index (κ2) is 6.50. The van der Waals surface area contributed by atoms with E-state index in [1.165, 1.54) is 0 Å². The molecule has 2 nitrogen and oxygen atoms in total. The minimum absolute atomic E-state index is 0.0188. The predicted octanol–water partition coefficient (Wildman–Crippen LogP) is 5.36. The number of aryl methyl sites for hydroxylation is 1. The molecule has 0 fully saturated rings. The van der Waals surface area contributed by atoms with Crippen LogP contribution in [-0.2, 0) is 0 Å². The average molecular weight is 322 g/mol. The van der Waals surface area contributed by atoms with Crippen molar-refractivity contribution in [2.24, 2.45) is 0 Å². The van der Waals surface area contributed by atoms with E-state index in [1.807, 2.05) is 45.0 Å². The van der Waals surface area contributed by atoms with E-state index in [0.717, 1.165) is 11.3 Å². The molecule has 1 amide bonds. The van der Waals surface area contributed by atoms with Gasteiger partial charge in [-0.3, -0.25) is 4.79 Å². The Bertz CT molecular complexity index is 668. The maximum atomic E-state index is 12.9. The molecular formula is C17H17Cl2NO. The van der Waals surface area contributed by atoms with E-state index in [2.05, 4.69) is 0 Å². The topological polar surface area (TPSA) is 20.3 Å². The summed E-state index contributed by atoms with van der Waals surface area (Å²) in [5, 5.41) is 0.885. The fourth-order valence-electron chi connectivity index (χ4n) is 2.25. The van der Waals surface area contributed by atoms with E-state index >= 15 is 0 Å². The number of hydrogen-bond donors (Lipinski definition) is 0. The van der Waals surface area contributed by atoms with Crippen LogP contribution in [0, 0.1) is 6.92 Å². The lowest BCUT2D eigenvalue weighted by molar-refractivity contribution is 0.0980. The van der Waals surface area contributed by atoms with Crippen molar-refractivity contribution in [2.45, 2.75) is 26.8 Å². The standard InChI is InChI=1S/C17H17Cl2NO/c1-11(2)20(16-7-5-4-6-12(16)3)17(21)14-9-8-13(18)10-15(14)19/h4-11H,1-3H3. The number of benzene rings is 2. The van der Waals surface area contributed by atoms with Crippen molar-refractivity contribution in [1.29, 1.82) is 0 Å². The third kappa shape index (κ3) is 3.39. The number of halogens is 2. The highest BCUT2D eigenvalue weighted by molar-refractivity contribution is 6.37. The van der Waals surface area contributed by atoms with E-state index in [9.17, 15) is 4.79 Å². The van der Waals surface area contributed by atoms with Gasteiger partial charge in [0.2, 0.25) is 0 Å². The zero-order valence-electron chi connectivity index (χ0n) is 12.2. The van der Waals surface area contributed by atoms with E-state index in [4.69, 9.17) is 23.2 Å². The summed E-state index contributed by atoms with van der Waals surface area (Å²) in [6.07, 6.45) is 0. The number of para-hydroxylation sites is 1. The van der Waals surface area contributed by atoms with Gasteiger partial charge in [-0.25, -0.2) is 0 Å². The molecule has 110 valence electrons. The molecule has 0 aromatic heterocycles. The fraction of sp³-hybridized carbons (Fsp3) is 0.235. The van der Waals surface area contributed by atoms with Gasteiger partial charge < -0.3 is 4.90 Å². The lowest BCUT2D eigenvalue weighted by Gasteiger charge is -2.28. The molecule has 2 aromatic carbocycles. The highest BCUT2D eigenvalue weighted by Crippen LogP contribution is 2.27. The molecule has 2 rings (SSSR count). The Labute approximate surface area is 135 Å². The lowest BCUT2D eigenvalue weighted by Crippen LogP contribution is -2.37. The van der Waals surface area contributed by atoms with Crippen LogP contribution >= 0.6 is 23.2 Å². The lowest BCUT2D eigenvalue weighted by atomic mass is 10.1. The van der Waals surface area contributed by atoms with Gasteiger partial charge in [0.1, 0.15) is 0 Å². The van der Waals surface area contributed by atoms with Crippen LogP contribution in [0.1, 0.15) is 29.8 Å². The van der Waals surface area contributed by atoms with Crippen LogP contribution in [-0.4, -0.2) is 11.9 Å². The van der Waals surface area contributed by atoms with Gasteiger partial charge in [0.25, 0.3) is 5.91 Å². The fourth-order valence-corrected chi connectivity index (χ4v) is 2.74. The summed E-state index contributed by atoms with van der Waals surface area (Å²) in [5.74, 6) is -0.124.